The summed E-state index contributed by atoms with van der Waals surface area (Å²) in [5.74, 6) is 0. The molecule has 1 rings (SSSR count). The molecular formula is C16H35N3. The molecule has 0 aromatic carbocycles. The number of hydrogen-bond donors (Lipinski definition) is 1. The average molecular weight is 269 g/mol. The summed E-state index contributed by atoms with van der Waals surface area (Å²) in [6, 6.07) is 0.712. The second-order valence-electron chi connectivity index (χ2n) is 6.55. The third kappa shape index (κ3) is 5.41. The topological polar surface area (TPSA) is 18.5 Å². The zero-order chi connectivity index (χ0) is 14.3. The normalized spacial score (nSPS) is 25.4. The van der Waals surface area contributed by atoms with Crippen LogP contribution < -0.4 is 5.32 Å². The smallest absolute Gasteiger partial charge is 0.0195 e. The quantitative estimate of drug-likeness (QED) is 0.683. The molecule has 19 heavy (non-hydrogen) atoms. The number of nitrogens with zero attached hydrogens (tertiary/aromatic N) is 2. The van der Waals surface area contributed by atoms with Gasteiger partial charge in [0, 0.05) is 38.8 Å². The van der Waals surface area contributed by atoms with Gasteiger partial charge >= 0.3 is 0 Å². The molecule has 0 radical (unpaired) electrons. The van der Waals surface area contributed by atoms with Gasteiger partial charge in [-0.3, -0.25) is 9.80 Å². The van der Waals surface area contributed by atoms with E-state index >= 15 is 0 Å². The van der Waals surface area contributed by atoms with E-state index in [0.29, 0.717) is 11.5 Å². The van der Waals surface area contributed by atoms with Crippen molar-refractivity contribution in [2.75, 3.05) is 45.8 Å². The molecule has 0 amide bonds. The maximum atomic E-state index is 3.61. The lowest BCUT2D eigenvalue weighted by Gasteiger charge is -2.43. The van der Waals surface area contributed by atoms with Gasteiger partial charge in [-0.15, -0.1) is 0 Å². The first kappa shape index (κ1) is 16.9. The number of piperazine rings is 1. The lowest BCUT2D eigenvalue weighted by atomic mass is 9.86. The highest BCUT2D eigenvalue weighted by atomic mass is 15.3. The first-order valence-corrected chi connectivity index (χ1v) is 8.21. The monoisotopic (exact) mass is 269 g/mol. The lowest BCUT2D eigenvalue weighted by molar-refractivity contribution is 0.0565. The van der Waals surface area contributed by atoms with Crippen LogP contribution in [0, 0.1) is 5.41 Å². The second kappa shape index (κ2) is 8.23. The molecule has 1 saturated heterocycles. The van der Waals surface area contributed by atoms with Crippen molar-refractivity contribution in [2.24, 2.45) is 5.41 Å². The fraction of sp³-hybridized carbons (Fsp3) is 1.00. The predicted molar refractivity (Wildman–Crippen MR) is 84.7 cm³/mol. The van der Waals surface area contributed by atoms with E-state index in [2.05, 4.69) is 49.7 Å². The van der Waals surface area contributed by atoms with Crippen LogP contribution in [-0.2, 0) is 0 Å². The van der Waals surface area contributed by atoms with Crippen LogP contribution in [0.3, 0.4) is 0 Å². The molecule has 0 saturated carbocycles. The minimum atomic E-state index is 0.420. The first-order valence-electron chi connectivity index (χ1n) is 8.21. The van der Waals surface area contributed by atoms with Gasteiger partial charge in [0.1, 0.15) is 0 Å². The standard InChI is InChI=1S/C16H35N3/c1-6-9-17-13-16(5,7-2)14-18-10-11-19(8-3)15(4)12-18/h15,17H,6-14H2,1-5H3. The van der Waals surface area contributed by atoms with Crippen molar-refractivity contribution >= 4 is 0 Å². The summed E-state index contributed by atoms with van der Waals surface area (Å²) < 4.78 is 0. The summed E-state index contributed by atoms with van der Waals surface area (Å²) in [5, 5.41) is 3.61. The highest BCUT2D eigenvalue weighted by molar-refractivity contribution is 4.85. The van der Waals surface area contributed by atoms with Gasteiger partial charge in [0.25, 0.3) is 0 Å². The second-order valence-corrected chi connectivity index (χ2v) is 6.55. The van der Waals surface area contributed by atoms with E-state index in [1.54, 1.807) is 0 Å². The Bertz CT molecular complexity index is 244. The Kier molecular flexibility index (Phi) is 7.33. The Balaban J connectivity index is 2.43. The molecule has 1 fully saturated rings. The van der Waals surface area contributed by atoms with Crippen molar-refractivity contribution in [3.05, 3.63) is 0 Å². The Hall–Kier alpha value is -0.120. The molecule has 0 aliphatic carbocycles. The van der Waals surface area contributed by atoms with Crippen LogP contribution in [0.25, 0.3) is 0 Å². The van der Waals surface area contributed by atoms with Crippen molar-refractivity contribution in [1.29, 1.82) is 0 Å². The molecule has 1 aliphatic rings. The van der Waals surface area contributed by atoms with Crippen molar-refractivity contribution in [3.63, 3.8) is 0 Å². The van der Waals surface area contributed by atoms with Crippen LogP contribution in [0.5, 0.6) is 0 Å². The molecule has 0 spiro atoms. The third-order valence-corrected chi connectivity index (χ3v) is 4.69. The number of hydrogen-bond acceptors (Lipinski definition) is 3. The maximum absolute atomic E-state index is 3.61. The zero-order valence-electron chi connectivity index (χ0n) is 13.8. The van der Waals surface area contributed by atoms with Crippen LogP contribution in [0.2, 0.25) is 0 Å². The summed E-state index contributed by atoms with van der Waals surface area (Å²) in [6.07, 6.45) is 2.48. The molecule has 0 aromatic rings. The molecule has 2 unspecified atom stereocenters. The van der Waals surface area contributed by atoms with E-state index in [9.17, 15) is 0 Å². The Morgan fingerprint density at radius 1 is 1.21 bits per heavy atom. The summed E-state index contributed by atoms with van der Waals surface area (Å²) in [4.78, 5) is 5.27. The number of likely N-dealkylation sites (N-methyl/N-ethyl adjacent to an activating group) is 1. The van der Waals surface area contributed by atoms with E-state index in [1.165, 1.54) is 45.6 Å². The van der Waals surface area contributed by atoms with Crippen molar-refractivity contribution in [2.45, 2.75) is 53.5 Å². The van der Waals surface area contributed by atoms with Gasteiger partial charge in [-0.1, -0.05) is 27.7 Å². The molecule has 114 valence electrons. The van der Waals surface area contributed by atoms with Crippen LogP contribution in [0.1, 0.15) is 47.5 Å². The summed E-state index contributed by atoms with van der Waals surface area (Å²) in [5.41, 5.74) is 0.420. The largest absolute Gasteiger partial charge is 0.316 e. The molecule has 1 aliphatic heterocycles. The van der Waals surface area contributed by atoms with Crippen molar-refractivity contribution < 1.29 is 0 Å². The van der Waals surface area contributed by atoms with E-state index in [0.717, 1.165) is 13.1 Å². The Morgan fingerprint density at radius 3 is 2.47 bits per heavy atom. The Labute approximate surface area is 120 Å². The highest BCUT2D eigenvalue weighted by Crippen LogP contribution is 2.23. The maximum Gasteiger partial charge on any atom is 0.0195 e. The molecule has 0 bridgehead atoms. The minimum Gasteiger partial charge on any atom is -0.316 e. The minimum absolute atomic E-state index is 0.420. The molecule has 2 atom stereocenters. The van der Waals surface area contributed by atoms with Gasteiger partial charge in [-0.05, 0) is 38.3 Å². The first-order chi connectivity index (χ1) is 9.04. The summed E-state index contributed by atoms with van der Waals surface area (Å²) >= 11 is 0. The molecular weight excluding hydrogens is 234 g/mol. The van der Waals surface area contributed by atoms with E-state index in [4.69, 9.17) is 0 Å². The fourth-order valence-corrected chi connectivity index (χ4v) is 3.08. The molecule has 1 heterocycles. The fourth-order valence-electron chi connectivity index (χ4n) is 3.08. The van der Waals surface area contributed by atoms with Crippen LogP contribution in [0.15, 0.2) is 0 Å². The van der Waals surface area contributed by atoms with Gasteiger partial charge in [0.05, 0.1) is 0 Å². The average Bonchev–Trinajstić information content (AvgIpc) is 2.39. The predicted octanol–water partition coefficient (Wildman–Crippen LogP) is 2.43. The summed E-state index contributed by atoms with van der Waals surface area (Å²) in [6.45, 7) is 20.1. The van der Waals surface area contributed by atoms with Crippen molar-refractivity contribution in [3.8, 4) is 0 Å². The third-order valence-electron chi connectivity index (χ3n) is 4.69. The lowest BCUT2D eigenvalue weighted by Crippen LogP contribution is -2.54. The zero-order valence-corrected chi connectivity index (χ0v) is 13.8. The molecule has 1 N–H and O–H groups in total. The molecule has 0 aromatic heterocycles. The molecule has 3 heteroatoms. The SMILES string of the molecule is CCCNCC(C)(CC)CN1CCN(CC)C(C)C1. The van der Waals surface area contributed by atoms with Gasteiger partial charge in [0.15, 0.2) is 0 Å². The van der Waals surface area contributed by atoms with Gasteiger partial charge < -0.3 is 5.32 Å². The van der Waals surface area contributed by atoms with Crippen LogP contribution in [-0.4, -0.2) is 61.7 Å². The molecule has 3 nitrogen and oxygen atoms in total. The summed E-state index contributed by atoms with van der Waals surface area (Å²) in [7, 11) is 0. The number of nitrogens with one attached hydrogen (secondary N) is 1. The van der Waals surface area contributed by atoms with E-state index < -0.39 is 0 Å². The van der Waals surface area contributed by atoms with Crippen LogP contribution >= 0.6 is 0 Å². The van der Waals surface area contributed by atoms with Crippen LogP contribution in [0.4, 0.5) is 0 Å². The Morgan fingerprint density at radius 2 is 1.95 bits per heavy atom. The highest BCUT2D eigenvalue weighted by Gasteiger charge is 2.29. The number of rotatable bonds is 8. The van der Waals surface area contributed by atoms with Gasteiger partial charge in [-0.2, -0.15) is 0 Å². The van der Waals surface area contributed by atoms with E-state index in [-0.39, 0.29) is 0 Å². The van der Waals surface area contributed by atoms with Gasteiger partial charge in [0.2, 0.25) is 0 Å². The van der Waals surface area contributed by atoms with E-state index in [1.807, 2.05) is 0 Å². The van der Waals surface area contributed by atoms with Gasteiger partial charge in [-0.25, -0.2) is 0 Å². The van der Waals surface area contributed by atoms with Crippen molar-refractivity contribution in [1.82, 2.24) is 15.1 Å².